The summed E-state index contributed by atoms with van der Waals surface area (Å²) < 4.78 is 0. The molecule has 0 aromatic carbocycles. The summed E-state index contributed by atoms with van der Waals surface area (Å²) in [5.74, 6) is 0. The van der Waals surface area contributed by atoms with Crippen molar-refractivity contribution < 1.29 is 0 Å². The Morgan fingerprint density at radius 2 is 2.36 bits per heavy atom. The second-order valence-electron chi connectivity index (χ2n) is 2.83. The Bertz CT molecular complexity index is 380. The van der Waals surface area contributed by atoms with Gasteiger partial charge >= 0.3 is 0 Å². The Kier molecular flexibility index (Phi) is 3.10. The van der Waals surface area contributed by atoms with Crippen LogP contribution in [-0.4, -0.2) is 16.5 Å². The average Bonchev–Trinajstić information content (AvgIpc) is 2.85. The molecule has 5 heteroatoms. The molecule has 2 rings (SSSR count). The monoisotopic (exact) mass is 225 g/mol. The predicted octanol–water partition coefficient (Wildman–Crippen LogP) is 3.09. The molecule has 2 aromatic heterocycles. The summed E-state index contributed by atoms with van der Waals surface area (Å²) in [5.41, 5.74) is 2.85. The molecule has 0 fully saturated rings. The van der Waals surface area contributed by atoms with E-state index in [-0.39, 0.29) is 0 Å². The van der Waals surface area contributed by atoms with E-state index in [4.69, 9.17) is 0 Å². The van der Waals surface area contributed by atoms with E-state index in [0.717, 1.165) is 28.7 Å². The standard InChI is InChI=1S/C9H11N3S2/c1-2-3-11-9-12-7(5-13-9)8-4-10-6-14-8/h4-6H,2-3H2,1H3,(H,11,12). The van der Waals surface area contributed by atoms with E-state index in [0.29, 0.717) is 0 Å². The lowest BCUT2D eigenvalue weighted by Crippen LogP contribution is -1.98. The number of nitrogens with one attached hydrogen (secondary N) is 1. The van der Waals surface area contributed by atoms with Gasteiger partial charge in [0.1, 0.15) is 0 Å². The third-order valence-corrected chi connectivity index (χ3v) is 3.31. The van der Waals surface area contributed by atoms with E-state index in [1.165, 1.54) is 0 Å². The maximum absolute atomic E-state index is 4.47. The van der Waals surface area contributed by atoms with Gasteiger partial charge < -0.3 is 5.32 Å². The highest BCUT2D eigenvalue weighted by Gasteiger charge is 2.04. The summed E-state index contributed by atoms with van der Waals surface area (Å²) >= 11 is 3.26. The van der Waals surface area contributed by atoms with Crippen LogP contribution in [-0.2, 0) is 0 Å². The Hall–Kier alpha value is -0.940. The molecular weight excluding hydrogens is 214 g/mol. The zero-order valence-corrected chi connectivity index (χ0v) is 9.49. The SMILES string of the molecule is CCCNc1nc(-c2cncs2)cs1. The first-order valence-corrected chi connectivity index (χ1v) is 6.24. The first-order chi connectivity index (χ1) is 6.90. The number of aromatic nitrogens is 2. The van der Waals surface area contributed by atoms with E-state index in [1.807, 2.05) is 11.7 Å². The molecule has 3 nitrogen and oxygen atoms in total. The van der Waals surface area contributed by atoms with Gasteiger partial charge in [0.25, 0.3) is 0 Å². The number of hydrogen-bond donors (Lipinski definition) is 1. The van der Waals surface area contributed by atoms with Crippen molar-refractivity contribution in [3.05, 3.63) is 17.1 Å². The van der Waals surface area contributed by atoms with Crippen molar-refractivity contribution in [2.45, 2.75) is 13.3 Å². The molecule has 1 N–H and O–H groups in total. The van der Waals surface area contributed by atoms with Crippen LogP contribution in [0.15, 0.2) is 17.1 Å². The molecule has 0 saturated heterocycles. The molecule has 2 heterocycles. The van der Waals surface area contributed by atoms with Crippen LogP contribution in [0.4, 0.5) is 5.13 Å². The highest BCUT2D eigenvalue weighted by Crippen LogP contribution is 2.27. The van der Waals surface area contributed by atoms with E-state index in [2.05, 4.69) is 27.6 Å². The quantitative estimate of drug-likeness (QED) is 0.869. The molecule has 0 amide bonds. The van der Waals surface area contributed by atoms with Crippen LogP contribution in [0, 0.1) is 0 Å². The summed E-state index contributed by atoms with van der Waals surface area (Å²) in [6.07, 6.45) is 2.97. The van der Waals surface area contributed by atoms with Gasteiger partial charge in [0, 0.05) is 18.1 Å². The highest BCUT2D eigenvalue weighted by molar-refractivity contribution is 7.15. The Morgan fingerprint density at radius 3 is 3.07 bits per heavy atom. The topological polar surface area (TPSA) is 37.8 Å². The average molecular weight is 225 g/mol. The molecule has 0 saturated carbocycles. The Morgan fingerprint density at radius 1 is 1.43 bits per heavy atom. The molecular formula is C9H11N3S2. The van der Waals surface area contributed by atoms with Gasteiger partial charge in [0.15, 0.2) is 5.13 Å². The van der Waals surface area contributed by atoms with E-state index >= 15 is 0 Å². The molecule has 0 bridgehead atoms. The molecule has 74 valence electrons. The van der Waals surface area contributed by atoms with Gasteiger partial charge in [-0.3, -0.25) is 4.98 Å². The lowest BCUT2D eigenvalue weighted by molar-refractivity contribution is 0.976. The minimum atomic E-state index is 0.982. The lowest BCUT2D eigenvalue weighted by atomic mass is 10.4. The van der Waals surface area contributed by atoms with Gasteiger partial charge in [-0.2, -0.15) is 0 Å². The third-order valence-electron chi connectivity index (χ3n) is 1.72. The molecule has 14 heavy (non-hydrogen) atoms. The maximum atomic E-state index is 4.47. The molecule has 0 spiro atoms. The van der Waals surface area contributed by atoms with Gasteiger partial charge in [0.05, 0.1) is 16.1 Å². The number of anilines is 1. The van der Waals surface area contributed by atoms with Crippen LogP contribution in [0.25, 0.3) is 10.6 Å². The van der Waals surface area contributed by atoms with Crippen molar-refractivity contribution in [1.29, 1.82) is 0 Å². The summed E-state index contributed by atoms with van der Waals surface area (Å²) in [4.78, 5) is 9.63. The van der Waals surface area contributed by atoms with Crippen LogP contribution >= 0.6 is 22.7 Å². The first-order valence-electron chi connectivity index (χ1n) is 4.48. The fourth-order valence-electron chi connectivity index (χ4n) is 1.04. The number of hydrogen-bond acceptors (Lipinski definition) is 5. The van der Waals surface area contributed by atoms with Crippen molar-refractivity contribution >= 4 is 27.8 Å². The fraction of sp³-hybridized carbons (Fsp3) is 0.333. The minimum Gasteiger partial charge on any atom is -0.362 e. The van der Waals surface area contributed by atoms with E-state index in [1.54, 1.807) is 22.7 Å². The van der Waals surface area contributed by atoms with Crippen LogP contribution in [0.1, 0.15) is 13.3 Å². The second-order valence-corrected chi connectivity index (χ2v) is 4.57. The summed E-state index contributed by atoms with van der Waals surface area (Å²) in [6.45, 7) is 3.13. The molecule has 2 aromatic rings. The van der Waals surface area contributed by atoms with Crippen LogP contribution in [0.2, 0.25) is 0 Å². The van der Waals surface area contributed by atoms with Crippen molar-refractivity contribution in [3.63, 3.8) is 0 Å². The van der Waals surface area contributed by atoms with Crippen LogP contribution in [0.3, 0.4) is 0 Å². The lowest BCUT2D eigenvalue weighted by Gasteiger charge is -1.96. The normalized spacial score (nSPS) is 10.4. The van der Waals surface area contributed by atoms with Crippen molar-refractivity contribution in [1.82, 2.24) is 9.97 Å². The minimum absolute atomic E-state index is 0.982. The van der Waals surface area contributed by atoms with Gasteiger partial charge in [-0.15, -0.1) is 22.7 Å². The first kappa shape index (κ1) is 9.61. The summed E-state index contributed by atoms with van der Waals surface area (Å²) in [5, 5.41) is 6.32. The van der Waals surface area contributed by atoms with Crippen molar-refractivity contribution in [2.24, 2.45) is 0 Å². The third kappa shape index (κ3) is 2.10. The second kappa shape index (κ2) is 4.52. The highest BCUT2D eigenvalue weighted by atomic mass is 32.1. The van der Waals surface area contributed by atoms with Crippen LogP contribution in [0.5, 0.6) is 0 Å². The molecule has 0 radical (unpaired) electrons. The van der Waals surface area contributed by atoms with Crippen molar-refractivity contribution in [3.8, 4) is 10.6 Å². The summed E-state index contributed by atoms with van der Waals surface area (Å²) in [7, 11) is 0. The van der Waals surface area contributed by atoms with Crippen LogP contribution < -0.4 is 5.32 Å². The van der Waals surface area contributed by atoms with Gasteiger partial charge in [-0.25, -0.2) is 4.98 Å². The zero-order chi connectivity index (χ0) is 9.80. The van der Waals surface area contributed by atoms with E-state index in [9.17, 15) is 0 Å². The fourth-order valence-corrected chi connectivity index (χ4v) is 2.44. The number of rotatable bonds is 4. The predicted molar refractivity (Wildman–Crippen MR) is 62.0 cm³/mol. The zero-order valence-electron chi connectivity index (χ0n) is 7.86. The Balaban J connectivity index is 2.10. The van der Waals surface area contributed by atoms with Gasteiger partial charge in [-0.05, 0) is 6.42 Å². The molecule has 0 aliphatic rings. The Labute approximate surface area is 90.9 Å². The number of thiazole rings is 2. The van der Waals surface area contributed by atoms with E-state index < -0.39 is 0 Å². The maximum Gasteiger partial charge on any atom is 0.183 e. The number of nitrogens with zero attached hydrogens (tertiary/aromatic N) is 2. The van der Waals surface area contributed by atoms with Crippen molar-refractivity contribution in [2.75, 3.05) is 11.9 Å². The molecule has 0 unspecified atom stereocenters. The smallest absolute Gasteiger partial charge is 0.183 e. The molecule has 0 aliphatic carbocycles. The van der Waals surface area contributed by atoms with Gasteiger partial charge in [0.2, 0.25) is 0 Å². The molecule has 0 atom stereocenters. The van der Waals surface area contributed by atoms with Gasteiger partial charge in [-0.1, -0.05) is 6.92 Å². The largest absolute Gasteiger partial charge is 0.362 e. The summed E-state index contributed by atoms with van der Waals surface area (Å²) in [6, 6.07) is 0. The molecule has 0 aliphatic heterocycles.